The van der Waals surface area contributed by atoms with E-state index in [1.54, 1.807) is 6.92 Å². The summed E-state index contributed by atoms with van der Waals surface area (Å²) in [6.45, 7) is 4.29. The Balaban J connectivity index is 2.92. The fraction of sp³-hybridized carbons (Fsp3) is 0.417. The third-order valence-corrected chi connectivity index (χ3v) is 4.01. The van der Waals surface area contributed by atoms with Crippen molar-refractivity contribution in [2.75, 3.05) is 6.54 Å². The van der Waals surface area contributed by atoms with Crippen molar-refractivity contribution in [2.24, 2.45) is 0 Å². The van der Waals surface area contributed by atoms with Gasteiger partial charge in [-0.05, 0) is 26.3 Å². The molecule has 0 amide bonds. The predicted molar refractivity (Wildman–Crippen MR) is 71.7 cm³/mol. The molecule has 0 radical (unpaired) electrons. The third-order valence-electron chi connectivity index (χ3n) is 2.58. The molecule has 19 heavy (non-hydrogen) atoms. The molecule has 0 saturated heterocycles. The van der Waals surface area contributed by atoms with Gasteiger partial charge in [0.05, 0.1) is 0 Å². The van der Waals surface area contributed by atoms with Crippen LogP contribution in [0.15, 0.2) is 29.3 Å². The second-order valence-electron chi connectivity index (χ2n) is 3.91. The van der Waals surface area contributed by atoms with E-state index >= 15 is 0 Å². The van der Waals surface area contributed by atoms with Gasteiger partial charge in [-0.25, -0.2) is 17.9 Å². The molecular formula is C12H18N2O4S. The Labute approximate surface area is 112 Å². The lowest BCUT2D eigenvalue weighted by Crippen LogP contribution is -2.24. The maximum atomic E-state index is 12.0. The summed E-state index contributed by atoms with van der Waals surface area (Å²) in [7, 11) is -3.65. The number of aromatic nitrogens is 1. The SMILES string of the molecule is C/C=C/CCNS(=O)(=O)c1cc(C(=O)O)n(CC)c1. The maximum absolute atomic E-state index is 12.0. The number of aromatic carboxylic acids is 1. The number of sulfonamides is 1. The highest BCUT2D eigenvalue weighted by Crippen LogP contribution is 2.14. The van der Waals surface area contributed by atoms with Crippen LogP contribution < -0.4 is 4.72 Å². The second kappa shape index (κ2) is 6.53. The lowest BCUT2D eigenvalue weighted by atomic mass is 10.4. The van der Waals surface area contributed by atoms with Crippen molar-refractivity contribution in [2.45, 2.75) is 31.7 Å². The summed E-state index contributed by atoms with van der Waals surface area (Å²) < 4.78 is 27.7. The first-order chi connectivity index (χ1) is 8.92. The van der Waals surface area contributed by atoms with E-state index in [0.29, 0.717) is 13.0 Å². The van der Waals surface area contributed by atoms with Crippen molar-refractivity contribution in [1.29, 1.82) is 0 Å². The van der Waals surface area contributed by atoms with Gasteiger partial charge >= 0.3 is 5.97 Å². The summed E-state index contributed by atoms with van der Waals surface area (Å²) in [5, 5.41) is 8.98. The molecule has 106 valence electrons. The fourth-order valence-corrected chi connectivity index (χ4v) is 2.68. The van der Waals surface area contributed by atoms with Gasteiger partial charge < -0.3 is 9.67 Å². The van der Waals surface area contributed by atoms with Crippen LogP contribution in [0.3, 0.4) is 0 Å². The first kappa shape index (κ1) is 15.5. The minimum atomic E-state index is -3.65. The number of hydrogen-bond donors (Lipinski definition) is 2. The van der Waals surface area contributed by atoms with Crippen molar-refractivity contribution in [3.8, 4) is 0 Å². The Kier molecular flexibility index (Phi) is 5.31. The number of allylic oxidation sites excluding steroid dienone is 1. The minimum Gasteiger partial charge on any atom is -0.477 e. The molecule has 1 aromatic rings. The van der Waals surface area contributed by atoms with Crippen LogP contribution in [-0.4, -0.2) is 30.6 Å². The smallest absolute Gasteiger partial charge is 0.352 e. The molecule has 0 bridgehead atoms. The summed E-state index contributed by atoms with van der Waals surface area (Å²) in [6, 6.07) is 1.17. The van der Waals surface area contributed by atoms with Gasteiger partial charge in [-0.2, -0.15) is 0 Å². The molecule has 1 aromatic heterocycles. The van der Waals surface area contributed by atoms with Gasteiger partial charge in [-0.3, -0.25) is 0 Å². The summed E-state index contributed by atoms with van der Waals surface area (Å²) in [5.41, 5.74) is -0.0312. The Bertz CT molecular complexity index is 573. The summed E-state index contributed by atoms with van der Waals surface area (Å²) in [4.78, 5) is 11.0. The highest BCUT2D eigenvalue weighted by Gasteiger charge is 2.20. The predicted octanol–water partition coefficient (Wildman–Crippen LogP) is 1.45. The molecule has 0 aliphatic carbocycles. The number of carboxylic acid groups (broad SMARTS) is 1. The van der Waals surface area contributed by atoms with Crippen molar-refractivity contribution >= 4 is 16.0 Å². The lowest BCUT2D eigenvalue weighted by molar-refractivity contribution is 0.0685. The first-order valence-electron chi connectivity index (χ1n) is 5.96. The van der Waals surface area contributed by atoms with Crippen molar-refractivity contribution in [3.05, 3.63) is 30.1 Å². The van der Waals surface area contributed by atoms with Crippen LogP contribution in [0.1, 0.15) is 30.8 Å². The first-order valence-corrected chi connectivity index (χ1v) is 7.45. The molecule has 2 N–H and O–H groups in total. The van der Waals surface area contributed by atoms with Crippen LogP contribution in [0, 0.1) is 0 Å². The van der Waals surface area contributed by atoms with Gasteiger partial charge in [0.1, 0.15) is 10.6 Å². The van der Waals surface area contributed by atoms with Crippen LogP contribution in [0.5, 0.6) is 0 Å². The van der Waals surface area contributed by atoms with Crippen LogP contribution in [0.4, 0.5) is 0 Å². The molecule has 0 spiro atoms. The average Bonchev–Trinajstić information content (AvgIpc) is 2.79. The number of hydrogen-bond acceptors (Lipinski definition) is 3. The molecule has 0 aliphatic rings. The molecule has 6 nitrogen and oxygen atoms in total. The van der Waals surface area contributed by atoms with E-state index < -0.39 is 16.0 Å². The fourth-order valence-electron chi connectivity index (χ4n) is 1.60. The van der Waals surface area contributed by atoms with Crippen LogP contribution >= 0.6 is 0 Å². The number of rotatable bonds is 7. The van der Waals surface area contributed by atoms with Gasteiger partial charge in [0.2, 0.25) is 10.0 Å². The molecule has 0 aliphatic heterocycles. The van der Waals surface area contributed by atoms with Crippen molar-refractivity contribution < 1.29 is 18.3 Å². The monoisotopic (exact) mass is 286 g/mol. The molecule has 0 atom stereocenters. The maximum Gasteiger partial charge on any atom is 0.352 e. The largest absolute Gasteiger partial charge is 0.477 e. The van der Waals surface area contributed by atoms with Gasteiger partial charge in [0.25, 0.3) is 0 Å². The van der Waals surface area contributed by atoms with E-state index in [9.17, 15) is 13.2 Å². The molecule has 7 heteroatoms. The van der Waals surface area contributed by atoms with Gasteiger partial charge in [0, 0.05) is 19.3 Å². The van der Waals surface area contributed by atoms with E-state index in [0.717, 1.165) is 0 Å². The van der Waals surface area contributed by atoms with E-state index in [4.69, 9.17) is 5.11 Å². The molecule has 0 fully saturated rings. The number of nitrogens with zero attached hydrogens (tertiary/aromatic N) is 1. The molecule has 0 unspecified atom stereocenters. The van der Waals surface area contributed by atoms with Gasteiger partial charge in [0.15, 0.2) is 0 Å². The van der Waals surface area contributed by atoms with E-state index in [1.165, 1.54) is 16.8 Å². The van der Waals surface area contributed by atoms with E-state index in [2.05, 4.69) is 4.72 Å². The molecule has 0 aromatic carbocycles. The minimum absolute atomic E-state index is 0.0211. The molecule has 0 saturated carbocycles. The number of carbonyl (C=O) groups is 1. The zero-order chi connectivity index (χ0) is 14.5. The Hall–Kier alpha value is -1.60. The summed E-state index contributed by atoms with van der Waals surface area (Å²) in [6.07, 6.45) is 5.62. The zero-order valence-electron chi connectivity index (χ0n) is 11.0. The molecule has 1 rings (SSSR count). The molecule has 1 heterocycles. The highest BCUT2D eigenvalue weighted by molar-refractivity contribution is 7.89. The Morgan fingerprint density at radius 1 is 1.53 bits per heavy atom. The highest BCUT2D eigenvalue weighted by atomic mass is 32.2. The topological polar surface area (TPSA) is 88.4 Å². The van der Waals surface area contributed by atoms with E-state index in [-0.39, 0.29) is 17.1 Å². The third kappa shape index (κ3) is 3.93. The second-order valence-corrected chi connectivity index (χ2v) is 5.67. The number of nitrogens with one attached hydrogen (secondary N) is 1. The lowest BCUT2D eigenvalue weighted by Gasteiger charge is -2.02. The Morgan fingerprint density at radius 3 is 2.68 bits per heavy atom. The number of aryl methyl sites for hydroxylation is 1. The van der Waals surface area contributed by atoms with Crippen LogP contribution in [0.25, 0.3) is 0 Å². The van der Waals surface area contributed by atoms with Crippen molar-refractivity contribution in [1.82, 2.24) is 9.29 Å². The summed E-state index contributed by atoms with van der Waals surface area (Å²) >= 11 is 0. The van der Waals surface area contributed by atoms with Crippen LogP contribution in [-0.2, 0) is 16.6 Å². The summed E-state index contributed by atoms with van der Waals surface area (Å²) in [5.74, 6) is -1.14. The van der Waals surface area contributed by atoms with Gasteiger partial charge in [-0.1, -0.05) is 12.2 Å². The Morgan fingerprint density at radius 2 is 2.21 bits per heavy atom. The quantitative estimate of drug-likeness (QED) is 0.586. The van der Waals surface area contributed by atoms with Crippen LogP contribution in [0.2, 0.25) is 0 Å². The van der Waals surface area contributed by atoms with Gasteiger partial charge in [-0.15, -0.1) is 0 Å². The zero-order valence-corrected chi connectivity index (χ0v) is 11.8. The van der Waals surface area contributed by atoms with E-state index in [1.807, 2.05) is 19.1 Å². The van der Waals surface area contributed by atoms with Crippen molar-refractivity contribution in [3.63, 3.8) is 0 Å². The standard InChI is InChI=1S/C12H18N2O4S/c1-3-5-6-7-13-19(17,18)10-8-11(12(15)16)14(4-2)9-10/h3,5,8-9,13H,4,6-7H2,1-2H3,(H,15,16)/b5-3+. The normalized spacial score (nSPS) is 12.1. The number of carboxylic acids is 1. The molecular weight excluding hydrogens is 268 g/mol. The average molecular weight is 286 g/mol.